The van der Waals surface area contributed by atoms with Gasteiger partial charge in [0.25, 0.3) is 0 Å². The maximum absolute atomic E-state index is 11.5. The fourth-order valence-electron chi connectivity index (χ4n) is 1.93. The van der Waals surface area contributed by atoms with E-state index in [1.165, 1.54) is 0 Å². The van der Waals surface area contributed by atoms with E-state index in [9.17, 15) is 4.79 Å². The van der Waals surface area contributed by atoms with Crippen LogP contribution in [-0.2, 0) is 0 Å². The van der Waals surface area contributed by atoms with Crippen LogP contribution in [0.1, 0.15) is 5.56 Å². The van der Waals surface area contributed by atoms with Crippen molar-refractivity contribution in [3.05, 3.63) is 58.6 Å². The maximum Gasteiger partial charge on any atom is 0.348 e. The average Bonchev–Trinajstić information content (AvgIpc) is 2.41. The van der Waals surface area contributed by atoms with Crippen LogP contribution >= 0.6 is 0 Å². The van der Waals surface area contributed by atoms with Gasteiger partial charge in [0.15, 0.2) is 5.65 Å². The summed E-state index contributed by atoms with van der Waals surface area (Å²) < 4.78 is 0. The molecule has 0 radical (unpaired) electrons. The molecule has 0 aliphatic heterocycles. The van der Waals surface area contributed by atoms with Crippen molar-refractivity contribution in [2.45, 2.75) is 6.92 Å². The van der Waals surface area contributed by atoms with E-state index < -0.39 is 5.69 Å². The third-order valence-electron chi connectivity index (χ3n) is 2.90. The first-order valence-electron chi connectivity index (χ1n) is 5.92. The van der Waals surface area contributed by atoms with Crippen LogP contribution in [0.15, 0.2) is 47.4 Å². The Morgan fingerprint density at radius 3 is 2.84 bits per heavy atom. The molecule has 0 amide bonds. The number of H-pyrrole nitrogens is 1. The molecule has 0 atom stereocenters. The van der Waals surface area contributed by atoms with Crippen LogP contribution in [0.25, 0.3) is 11.0 Å². The van der Waals surface area contributed by atoms with Crippen molar-refractivity contribution in [2.75, 3.05) is 5.32 Å². The Kier molecular flexibility index (Phi) is 2.72. The highest BCUT2D eigenvalue weighted by Crippen LogP contribution is 2.22. The second kappa shape index (κ2) is 4.53. The smallest absolute Gasteiger partial charge is 0.341 e. The molecule has 5 heteroatoms. The highest BCUT2D eigenvalue weighted by atomic mass is 16.1. The van der Waals surface area contributed by atoms with Gasteiger partial charge in [-0.3, -0.25) is 4.98 Å². The molecule has 0 fully saturated rings. The van der Waals surface area contributed by atoms with Crippen molar-refractivity contribution in [3.63, 3.8) is 0 Å². The van der Waals surface area contributed by atoms with Gasteiger partial charge in [-0.25, -0.2) is 9.78 Å². The van der Waals surface area contributed by atoms with Crippen molar-refractivity contribution in [1.29, 1.82) is 0 Å². The van der Waals surface area contributed by atoms with Crippen molar-refractivity contribution < 1.29 is 0 Å². The van der Waals surface area contributed by atoms with Crippen LogP contribution in [0, 0.1) is 6.92 Å². The molecule has 0 saturated heterocycles. The Hall–Kier alpha value is -2.69. The molecule has 3 rings (SSSR count). The molecule has 0 unspecified atom stereocenters. The second-order valence-electron chi connectivity index (χ2n) is 4.23. The molecule has 0 spiro atoms. The number of anilines is 2. The number of aromatic nitrogens is 3. The number of pyridine rings is 1. The standard InChI is InChI=1S/C14H12N4O/c1-9-5-2-3-7-11(9)16-13-10-6-4-8-15-12(10)17-14(19)18-13/h2-8H,1H3,(H2,15,16,17,18,19). The summed E-state index contributed by atoms with van der Waals surface area (Å²) in [6, 6.07) is 11.5. The number of para-hydroxylation sites is 1. The summed E-state index contributed by atoms with van der Waals surface area (Å²) in [5.41, 5.74) is 2.05. The highest BCUT2D eigenvalue weighted by Gasteiger charge is 2.06. The molecule has 2 aromatic heterocycles. The van der Waals surface area contributed by atoms with Crippen LogP contribution in [0.4, 0.5) is 11.5 Å². The van der Waals surface area contributed by atoms with Crippen molar-refractivity contribution in [2.24, 2.45) is 0 Å². The van der Waals surface area contributed by atoms with E-state index in [-0.39, 0.29) is 0 Å². The van der Waals surface area contributed by atoms with Gasteiger partial charge in [0.05, 0.1) is 5.39 Å². The summed E-state index contributed by atoms with van der Waals surface area (Å²) in [6.45, 7) is 2.00. The summed E-state index contributed by atoms with van der Waals surface area (Å²) in [5, 5.41) is 4.00. The molecule has 0 aliphatic carbocycles. The van der Waals surface area contributed by atoms with E-state index in [4.69, 9.17) is 0 Å². The number of fused-ring (bicyclic) bond motifs is 1. The zero-order chi connectivity index (χ0) is 13.2. The largest absolute Gasteiger partial charge is 0.348 e. The van der Waals surface area contributed by atoms with E-state index in [0.29, 0.717) is 11.5 Å². The lowest BCUT2D eigenvalue weighted by Gasteiger charge is -2.10. The van der Waals surface area contributed by atoms with Gasteiger partial charge in [0, 0.05) is 11.9 Å². The zero-order valence-corrected chi connectivity index (χ0v) is 10.3. The minimum Gasteiger partial charge on any atom is -0.341 e. The maximum atomic E-state index is 11.5. The first-order chi connectivity index (χ1) is 9.24. The fraction of sp³-hybridized carbons (Fsp3) is 0.0714. The average molecular weight is 252 g/mol. The van der Waals surface area contributed by atoms with Crippen LogP contribution < -0.4 is 11.0 Å². The normalized spacial score (nSPS) is 10.6. The molecule has 1 aromatic carbocycles. The van der Waals surface area contributed by atoms with E-state index in [0.717, 1.165) is 16.6 Å². The summed E-state index contributed by atoms with van der Waals surface area (Å²) in [4.78, 5) is 22.2. The minimum absolute atomic E-state index is 0.415. The third kappa shape index (κ3) is 2.18. The Labute approximate surface area is 109 Å². The molecular formula is C14H12N4O. The number of aromatic amines is 1. The Bertz CT molecular complexity index is 795. The monoisotopic (exact) mass is 252 g/mol. The van der Waals surface area contributed by atoms with E-state index in [1.807, 2.05) is 43.3 Å². The van der Waals surface area contributed by atoms with Crippen LogP contribution in [0.3, 0.4) is 0 Å². The van der Waals surface area contributed by atoms with Crippen LogP contribution in [0.2, 0.25) is 0 Å². The fourth-order valence-corrected chi connectivity index (χ4v) is 1.93. The minimum atomic E-state index is -0.415. The summed E-state index contributed by atoms with van der Waals surface area (Å²) >= 11 is 0. The SMILES string of the molecule is Cc1ccccc1Nc1[nH]c(=O)nc2ncccc12. The van der Waals surface area contributed by atoms with Gasteiger partial charge in [-0.2, -0.15) is 4.98 Å². The van der Waals surface area contributed by atoms with Gasteiger partial charge in [-0.15, -0.1) is 0 Å². The summed E-state index contributed by atoms with van der Waals surface area (Å²) in [6.07, 6.45) is 1.62. The van der Waals surface area contributed by atoms with Crippen molar-refractivity contribution in [1.82, 2.24) is 15.0 Å². The second-order valence-corrected chi connectivity index (χ2v) is 4.23. The van der Waals surface area contributed by atoms with E-state index >= 15 is 0 Å². The number of hydrogen-bond acceptors (Lipinski definition) is 4. The van der Waals surface area contributed by atoms with Crippen molar-refractivity contribution >= 4 is 22.5 Å². The summed E-state index contributed by atoms with van der Waals surface area (Å²) in [5.74, 6) is 0.609. The van der Waals surface area contributed by atoms with Gasteiger partial charge >= 0.3 is 5.69 Å². The molecule has 0 bridgehead atoms. The first kappa shape index (κ1) is 11.4. The third-order valence-corrected chi connectivity index (χ3v) is 2.90. The first-order valence-corrected chi connectivity index (χ1v) is 5.92. The topological polar surface area (TPSA) is 70.7 Å². The van der Waals surface area contributed by atoms with Gasteiger partial charge < -0.3 is 5.32 Å². The van der Waals surface area contributed by atoms with E-state index in [2.05, 4.69) is 20.3 Å². The molecule has 94 valence electrons. The predicted octanol–water partition coefficient (Wildman–Crippen LogP) is 2.37. The number of hydrogen-bond donors (Lipinski definition) is 2. The van der Waals surface area contributed by atoms with E-state index in [1.54, 1.807) is 6.20 Å². The van der Waals surface area contributed by atoms with Crippen LogP contribution in [-0.4, -0.2) is 15.0 Å². The van der Waals surface area contributed by atoms with Crippen LogP contribution in [0.5, 0.6) is 0 Å². The number of rotatable bonds is 2. The quantitative estimate of drug-likeness (QED) is 0.734. The lowest BCUT2D eigenvalue weighted by atomic mass is 10.2. The molecule has 19 heavy (non-hydrogen) atoms. The Balaban J connectivity index is 2.15. The van der Waals surface area contributed by atoms with Crippen molar-refractivity contribution in [3.8, 4) is 0 Å². The van der Waals surface area contributed by atoms with Gasteiger partial charge in [0.1, 0.15) is 5.82 Å². The zero-order valence-electron chi connectivity index (χ0n) is 10.3. The number of nitrogens with one attached hydrogen (secondary N) is 2. The molecule has 2 N–H and O–H groups in total. The number of nitrogens with zero attached hydrogens (tertiary/aromatic N) is 2. The number of aryl methyl sites for hydroxylation is 1. The highest BCUT2D eigenvalue weighted by molar-refractivity contribution is 5.88. The molecule has 5 nitrogen and oxygen atoms in total. The molecule has 0 saturated carbocycles. The lowest BCUT2D eigenvalue weighted by molar-refractivity contribution is 1.10. The summed E-state index contributed by atoms with van der Waals surface area (Å²) in [7, 11) is 0. The molecular weight excluding hydrogens is 240 g/mol. The molecule has 3 aromatic rings. The molecule has 2 heterocycles. The van der Waals surface area contributed by atoms with Gasteiger partial charge in [0.2, 0.25) is 0 Å². The van der Waals surface area contributed by atoms with Gasteiger partial charge in [-0.1, -0.05) is 18.2 Å². The number of benzene rings is 1. The lowest BCUT2D eigenvalue weighted by Crippen LogP contribution is -2.13. The van der Waals surface area contributed by atoms with Gasteiger partial charge in [-0.05, 0) is 30.7 Å². The molecule has 0 aliphatic rings. The Morgan fingerprint density at radius 1 is 1.16 bits per heavy atom. The Morgan fingerprint density at radius 2 is 2.00 bits per heavy atom. The predicted molar refractivity (Wildman–Crippen MR) is 74.6 cm³/mol.